The first kappa shape index (κ1) is 21.3. The number of halogens is 2. The van der Waals surface area contributed by atoms with Gasteiger partial charge < -0.3 is 4.74 Å². The summed E-state index contributed by atoms with van der Waals surface area (Å²) < 4.78 is 5.37. The van der Waals surface area contributed by atoms with E-state index in [2.05, 4.69) is 10.5 Å². The number of hydrogen-bond donors (Lipinski definition) is 1. The number of hydrazone groups is 1. The van der Waals surface area contributed by atoms with Gasteiger partial charge in [0, 0.05) is 27.2 Å². The van der Waals surface area contributed by atoms with E-state index in [4.69, 9.17) is 27.9 Å². The van der Waals surface area contributed by atoms with Gasteiger partial charge >= 0.3 is 5.97 Å². The van der Waals surface area contributed by atoms with Crippen molar-refractivity contribution in [2.24, 2.45) is 5.10 Å². The van der Waals surface area contributed by atoms with Crippen molar-refractivity contribution in [1.29, 1.82) is 0 Å². The fraction of sp³-hybridized carbons (Fsp3) is 0. The van der Waals surface area contributed by atoms with E-state index in [0.29, 0.717) is 21.2 Å². The Bertz CT molecular complexity index is 1100. The van der Waals surface area contributed by atoms with Gasteiger partial charge in [-0.15, -0.1) is 0 Å². The molecule has 0 aliphatic heterocycles. The van der Waals surface area contributed by atoms with Crippen LogP contribution in [0.5, 0.6) is 5.75 Å². The van der Waals surface area contributed by atoms with Crippen LogP contribution in [-0.2, 0) is 4.79 Å². The van der Waals surface area contributed by atoms with Gasteiger partial charge in [0.05, 0.1) is 6.21 Å². The van der Waals surface area contributed by atoms with Crippen LogP contribution in [0, 0.1) is 0 Å². The van der Waals surface area contributed by atoms with Crippen LogP contribution in [0.4, 0.5) is 0 Å². The molecule has 0 aromatic heterocycles. The molecule has 3 aromatic carbocycles. The van der Waals surface area contributed by atoms with Crippen LogP contribution in [0.15, 0.2) is 84.0 Å². The van der Waals surface area contributed by atoms with Gasteiger partial charge in [0.25, 0.3) is 5.91 Å². The first-order valence-corrected chi connectivity index (χ1v) is 9.60. The Hall–Kier alpha value is -3.41. The molecule has 0 bridgehead atoms. The van der Waals surface area contributed by atoms with Gasteiger partial charge in [0.2, 0.25) is 0 Å². The van der Waals surface area contributed by atoms with Gasteiger partial charge in [-0.2, -0.15) is 5.10 Å². The predicted octanol–water partition coefficient (Wildman–Crippen LogP) is 5.38. The summed E-state index contributed by atoms with van der Waals surface area (Å²) in [6.07, 6.45) is 4.27. The third-order valence-corrected chi connectivity index (χ3v) is 4.36. The average Bonchev–Trinajstić information content (AvgIpc) is 2.75. The lowest BCUT2D eigenvalue weighted by Crippen LogP contribution is -2.17. The summed E-state index contributed by atoms with van der Waals surface area (Å²) in [5.74, 6) is -0.684. The number of rotatable bonds is 6. The molecule has 7 heteroatoms. The van der Waals surface area contributed by atoms with E-state index in [-0.39, 0.29) is 11.7 Å². The quantitative estimate of drug-likeness (QED) is 0.185. The molecule has 0 saturated carbocycles. The van der Waals surface area contributed by atoms with Gasteiger partial charge in [0.15, 0.2) is 0 Å². The van der Waals surface area contributed by atoms with Gasteiger partial charge in [-0.1, -0.05) is 53.5 Å². The standard InChI is InChI=1S/C23H16Cl2N2O3/c24-19-9-6-16(7-10-19)8-13-22(28)30-21-12-11-20(25)14-18(21)15-26-27-23(29)17-4-2-1-3-5-17/h1-15H,(H,27,29)/b13-8+,26-15+. The van der Waals surface area contributed by atoms with E-state index in [1.807, 2.05) is 6.07 Å². The number of hydrogen-bond acceptors (Lipinski definition) is 4. The molecule has 1 amide bonds. The topological polar surface area (TPSA) is 67.8 Å². The largest absolute Gasteiger partial charge is 0.423 e. The maximum absolute atomic E-state index is 12.2. The number of nitrogens with one attached hydrogen (secondary N) is 1. The van der Waals surface area contributed by atoms with Crippen molar-refractivity contribution in [2.75, 3.05) is 0 Å². The summed E-state index contributed by atoms with van der Waals surface area (Å²) in [6, 6.07) is 20.4. The smallest absolute Gasteiger partial charge is 0.336 e. The second-order valence-corrected chi connectivity index (χ2v) is 6.93. The third-order valence-electron chi connectivity index (χ3n) is 3.87. The Morgan fingerprint density at radius 3 is 2.33 bits per heavy atom. The number of carbonyl (C=O) groups is 2. The molecular formula is C23H16Cl2N2O3. The van der Waals surface area contributed by atoms with Crippen molar-refractivity contribution in [3.05, 3.63) is 106 Å². The molecular weight excluding hydrogens is 423 g/mol. The maximum Gasteiger partial charge on any atom is 0.336 e. The second-order valence-electron chi connectivity index (χ2n) is 6.05. The Balaban J connectivity index is 1.67. The number of benzene rings is 3. The monoisotopic (exact) mass is 438 g/mol. The Morgan fingerprint density at radius 1 is 0.900 bits per heavy atom. The Kier molecular flexibility index (Phi) is 7.38. The maximum atomic E-state index is 12.2. The molecule has 0 heterocycles. The van der Waals surface area contributed by atoms with Crippen LogP contribution in [0.3, 0.4) is 0 Å². The molecule has 0 saturated heterocycles. The Morgan fingerprint density at radius 2 is 1.60 bits per heavy atom. The van der Waals surface area contributed by atoms with Gasteiger partial charge in [-0.25, -0.2) is 10.2 Å². The minimum Gasteiger partial charge on any atom is -0.423 e. The SMILES string of the molecule is O=C(/C=C/c1ccc(Cl)cc1)Oc1ccc(Cl)cc1/C=N/NC(=O)c1ccccc1. The first-order valence-electron chi connectivity index (χ1n) is 8.85. The highest BCUT2D eigenvalue weighted by Crippen LogP contribution is 2.22. The number of nitrogens with zero attached hydrogens (tertiary/aromatic N) is 1. The highest BCUT2D eigenvalue weighted by atomic mass is 35.5. The molecule has 0 fully saturated rings. The molecule has 0 unspecified atom stereocenters. The molecule has 0 spiro atoms. The summed E-state index contributed by atoms with van der Waals surface area (Å²) in [5, 5.41) is 4.97. The van der Waals surface area contributed by atoms with Crippen molar-refractivity contribution in [2.45, 2.75) is 0 Å². The van der Waals surface area contributed by atoms with Gasteiger partial charge in [0.1, 0.15) is 5.75 Å². The summed E-state index contributed by atoms with van der Waals surface area (Å²) in [6.45, 7) is 0. The van der Waals surface area contributed by atoms with E-state index in [1.54, 1.807) is 72.8 Å². The summed E-state index contributed by atoms with van der Waals surface area (Å²) in [7, 11) is 0. The summed E-state index contributed by atoms with van der Waals surface area (Å²) in [4.78, 5) is 24.2. The van der Waals surface area contributed by atoms with E-state index in [1.165, 1.54) is 12.3 Å². The molecule has 0 atom stereocenters. The third kappa shape index (κ3) is 6.30. The van der Waals surface area contributed by atoms with Gasteiger partial charge in [-0.3, -0.25) is 4.79 Å². The molecule has 3 rings (SSSR count). The Labute approximate surface area is 183 Å². The number of ether oxygens (including phenoxy) is 1. The van der Waals surface area contributed by atoms with Crippen LogP contribution >= 0.6 is 23.2 Å². The molecule has 5 nitrogen and oxygen atoms in total. The van der Waals surface area contributed by atoms with E-state index in [0.717, 1.165) is 5.56 Å². The predicted molar refractivity (Wildman–Crippen MR) is 119 cm³/mol. The lowest BCUT2D eigenvalue weighted by atomic mass is 10.2. The molecule has 30 heavy (non-hydrogen) atoms. The lowest BCUT2D eigenvalue weighted by molar-refractivity contribution is -0.128. The van der Waals surface area contributed by atoms with Gasteiger partial charge in [-0.05, 0) is 54.1 Å². The molecule has 150 valence electrons. The van der Waals surface area contributed by atoms with Crippen molar-refractivity contribution in [3.8, 4) is 5.75 Å². The molecule has 0 radical (unpaired) electrons. The van der Waals surface area contributed by atoms with Crippen molar-refractivity contribution in [1.82, 2.24) is 5.43 Å². The van der Waals surface area contributed by atoms with Crippen LogP contribution < -0.4 is 10.2 Å². The molecule has 0 aliphatic rings. The fourth-order valence-corrected chi connectivity index (χ4v) is 2.71. The van der Waals surface area contributed by atoms with Crippen LogP contribution in [0.2, 0.25) is 10.0 Å². The molecule has 0 aliphatic carbocycles. The zero-order valence-corrected chi connectivity index (χ0v) is 17.1. The summed E-state index contributed by atoms with van der Waals surface area (Å²) >= 11 is 11.9. The van der Waals surface area contributed by atoms with E-state index in [9.17, 15) is 9.59 Å². The fourth-order valence-electron chi connectivity index (χ4n) is 2.41. The number of esters is 1. The van der Waals surface area contributed by atoms with Crippen LogP contribution in [0.25, 0.3) is 6.08 Å². The zero-order valence-electron chi connectivity index (χ0n) is 15.6. The molecule has 1 N–H and O–H groups in total. The average molecular weight is 439 g/mol. The second kappa shape index (κ2) is 10.4. The van der Waals surface area contributed by atoms with E-state index >= 15 is 0 Å². The minimum atomic E-state index is -0.574. The van der Waals surface area contributed by atoms with E-state index < -0.39 is 5.97 Å². The minimum absolute atomic E-state index is 0.253. The van der Waals surface area contributed by atoms with Crippen LogP contribution in [0.1, 0.15) is 21.5 Å². The van der Waals surface area contributed by atoms with Crippen molar-refractivity contribution in [3.63, 3.8) is 0 Å². The van der Waals surface area contributed by atoms with Crippen molar-refractivity contribution >= 4 is 47.4 Å². The number of amides is 1. The zero-order chi connectivity index (χ0) is 21.3. The normalized spacial score (nSPS) is 11.0. The highest BCUT2D eigenvalue weighted by molar-refractivity contribution is 6.31. The summed E-state index contributed by atoms with van der Waals surface area (Å²) in [5.41, 5.74) is 4.13. The lowest BCUT2D eigenvalue weighted by Gasteiger charge is -2.06. The highest BCUT2D eigenvalue weighted by Gasteiger charge is 2.08. The number of carbonyl (C=O) groups excluding carboxylic acids is 2. The first-order chi connectivity index (χ1) is 14.5. The van der Waals surface area contributed by atoms with Crippen molar-refractivity contribution < 1.29 is 14.3 Å². The molecule has 3 aromatic rings. The van der Waals surface area contributed by atoms with Crippen LogP contribution in [-0.4, -0.2) is 18.1 Å².